The largest absolute Gasteiger partial charge is 0.485 e. The molecule has 0 aliphatic carbocycles. The van der Waals surface area contributed by atoms with E-state index in [9.17, 15) is 9.59 Å². The maximum Gasteiger partial charge on any atom is 0.283 e. The molecule has 2 amide bonds. The van der Waals surface area contributed by atoms with Crippen LogP contribution in [0.3, 0.4) is 0 Å². The third-order valence-corrected chi connectivity index (χ3v) is 3.49. The number of rotatable bonds is 4. The molecule has 0 saturated heterocycles. The number of para-hydroxylation sites is 3. The molecule has 0 radical (unpaired) electrons. The number of amides is 2. The highest BCUT2D eigenvalue weighted by atomic mass is 16.6. The van der Waals surface area contributed by atoms with Crippen LogP contribution in [0.2, 0.25) is 0 Å². The Bertz CT molecular complexity index is 862. The van der Waals surface area contributed by atoms with Gasteiger partial charge in [0.2, 0.25) is 6.10 Å². The van der Waals surface area contributed by atoms with E-state index >= 15 is 0 Å². The first kappa shape index (κ1) is 17.1. The highest BCUT2D eigenvalue weighted by molar-refractivity contribution is 5.85. The van der Waals surface area contributed by atoms with Crippen molar-refractivity contribution in [3.05, 3.63) is 54.1 Å². The average molecular weight is 353 g/mol. The van der Waals surface area contributed by atoms with Crippen LogP contribution >= 0.6 is 0 Å². The Kier molecular flexibility index (Phi) is 5.19. The number of carbonyl (C=O) groups excluding carboxylic acids is 2. The van der Waals surface area contributed by atoms with Gasteiger partial charge in [-0.05, 0) is 24.3 Å². The van der Waals surface area contributed by atoms with Crippen LogP contribution in [-0.4, -0.2) is 31.1 Å². The summed E-state index contributed by atoms with van der Waals surface area (Å²) >= 11 is 0. The lowest BCUT2D eigenvalue weighted by atomic mass is 10.2. The van der Waals surface area contributed by atoms with Crippen molar-refractivity contribution in [1.29, 1.82) is 5.26 Å². The zero-order valence-electron chi connectivity index (χ0n) is 13.6. The molecular formula is C18H15N3O5. The Morgan fingerprint density at radius 3 is 2.65 bits per heavy atom. The Labute approximate surface area is 149 Å². The second kappa shape index (κ2) is 7.90. The second-order valence-corrected chi connectivity index (χ2v) is 5.30. The summed E-state index contributed by atoms with van der Waals surface area (Å²) in [7, 11) is 0. The zero-order chi connectivity index (χ0) is 18.4. The van der Waals surface area contributed by atoms with Gasteiger partial charge in [-0.1, -0.05) is 24.3 Å². The third kappa shape index (κ3) is 4.02. The maximum absolute atomic E-state index is 12.1. The number of fused-ring (bicyclic) bond motifs is 1. The third-order valence-electron chi connectivity index (χ3n) is 3.49. The van der Waals surface area contributed by atoms with Crippen molar-refractivity contribution in [3.8, 4) is 23.3 Å². The summed E-state index contributed by atoms with van der Waals surface area (Å²) < 4.78 is 16.2. The summed E-state index contributed by atoms with van der Waals surface area (Å²) in [6.07, 6.45) is -0.884. The van der Waals surface area contributed by atoms with Crippen LogP contribution in [0.5, 0.6) is 17.2 Å². The summed E-state index contributed by atoms with van der Waals surface area (Å²) in [4.78, 5) is 23.9. The van der Waals surface area contributed by atoms with Crippen LogP contribution in [0, 0.1) is 11.3 Å². The number of hydrogen-bond donors (Lipinski definition) is 2. The summed E-state index contributed by atoms with van der Waals surface area (Å²) in [5.74, 6) is 0.178. The lowest BCUT2D eigenvalue weighted by molar-refractivity contribution is -0.135. The molecule has 26 heavy (non-hydrogen) atoms. The number of nitrogens with one attached hydrogen (secondary N) is 2. The molecule has 3 rings (SSSR count). The van der Waals surface area contributed by atoms with Crippen molar-refractivity contribution in [2.45, 2.75) is 6.10 Å². The number of hydrogen-bond acceptors (Lipinski definition) is 6. The fourth-order valence-corrected chi connectivity index (χ4v) is 2.22. The van der Waals surface area contributed by atoms with Gasteiger partial charge in [-0.3, -0.25) is 20.4 Å². The first-order valence-corrected chi connectivity index (χ1v) is 7.76. The van der Waals surface area contributed by atoms with E-state index < -0.39 is 17.9 Å². The van der Waals surface area contributed by atoms with E-state index in [0.717, 1.165) is 0 Å². The van der Waals surface area contributed by atoms with Gasteiger partial charge in [0, 0.05) is 0 Å². The Morgan fingerprint density at radius 2 is 1.85 bits per heavy atom. The Balaban J connectivity index is 1.46. The fourth-order valence-electron chi connectivity index (χ4n) is 2.22. The first-order valence-electron chi connectivity index (χ1n) is 7.76. The van der Waals surface area contributed by atoms with Crippen LogP contribution in [0.25, 0.3) is 0 Å². The van der Waals surface area contributed by atoms with Crippen LogP contribution < -0.4 is 25.1 Å². The molecule has 1 aliphatic rings. The lowest BCUT2D eigenvalue weighted by Gasteiger charge is -2.25. The van der Waals surface area contributed by atoms with Crippen molar-refractivity contribution < 1.29 is 23.8 Å². The quantitative estimate of drug-likeness (QED) is 0.791. The number of nitrogens with zero attached hydrogens (tertiary/aromatic N) is 1. The normalized spacial score (nSPS) is 14.7. The van der Waals surface area contributed by atoms with E-state index in [-0.39, 0.29) is 19.0 Å². The van der Waals surface area contributed by atoms with Crippen LogP contribution in [0.15, 0.2) is 48.5 Å². The summed E-state index contributed by atoms with van der Waals surface area (Å²) in [6.45, 7) is -0.325. The summed E-state index contributed by atoms with van der Waals surface area (Å²) in [5, 5.41) is 8.96. The first-order chi connectivity index (χ1) is 12.7. The Morgan fingerprint density at radius 1 is 1.12 bits per heavy atom. The van der Waals surface area contributed by atoms with E-state index in [2.05, 4.69) is 10.9 Å². The molecule has 0 saturated carbocycles. The van der Waals surface area contributed by atoms with Gasteiger partial charge in [-0.15, -0.1) is 0 Å². The fraction of sp³-hybridized carbons (Fsp3) is 0.167. The van der Waals surface area contributed by atoms with Crippen LogP contribution in [-0.2, 0) is 9.59 Å². The molecule has 0 spiro atoms. The monoisotopic (exact) mass is 353 g/mol. The molecule has 2 aromatic carbocycles. The molecule has 1 atom stereocenters. The van der Waals surface area contributed by atoms with Gasteiger partial charge in [0.25, 0.3) is 11.8 Å². The summed E-state index contributed by atoms with van der Waals surface area (Å²) in [5.41, 5.74) is 4.80. The predicted octanol–water partition coefficient (Wildman–Crippen LogP) is 0.924. The second-order valence-electron chi connectivity index (χ2n) is 5.30. The highest BCUT2D eigenvalue weighted by Gasteiger charge is 2.27. The van der Waals surface area contributed by atoms with Gasteiger partial charge < -0.3 is 14.2 Å². The smallest absolute Gasteiger partial charge is 0.283 e. The van der Waals surface area contributed by atoms with Crippen molar-refractivity contribution >= 4 is 11.8 Å². The SMILES string of the molecule is N#Cc1ccccc1OCC(=O)NNC(=O)[C@@H]1COc2ccccc2O1. The van der Waals surface area contributed by atoms with Gasteiger partial charge in [0.05, 0.1) is 5.56 Å². The highest BCUT2D eigenvalue weighted by Crippen LogP contribution is 2.30. The molecule has 132 valence electrons. The Hall–Kier alpha value is -3.73. The molecule has 0 aromatic heterocycles. The molecule has 0 bridgehead atoms. The average Bonchev–Trinajstić information content (AvgIpc) is 2.70. The van der Waals surface area contributed by atoms with E-state index in [4.69, 9.17) is 19.5 Å². The molecule has 0 unspecified atom stereocenters. The molecule has 2 aromatic rings. The van der Waals surface area contributed by atoms with Crippen molar-refractivity contribution in [1.82, 2.24) is 10.9 Å². The molecule has 0 fully saturated rings. The minimum absolute atomic E-state index is 0.0325. The van der Waals surface area contributed by atoms with E-state index in [0.29, 0.717) is 17.1 Å². The van der Waals surface area contributed by atoms with Gasteiger partial charge in [-0.25, -0.2) is 0 Å². The lowest BCUT2D eigenvalue weighted by Crippen LogP contribution is -2.51. The maximum atomic E-state index is 12.1. The minimum Gasteiger partial charge on any atom is -0.485 e. The number of carbonyl (C=O) groups is 2. The predicted molar refractivity (Wildman–Crippen MR) is 89.3 cm³/mol. The molecule has 8 heteroatoms. The van der Waals surface area contributed by atoms with Crippen molar-refractivity contribution in [2.24, 2.45) is 0 Å². The van der Waals surface area contributed by atoms with E-state index in [1.54, 1.807) is 48.5 Å². The van der Waals surface area contributed by atoms with Gasteiger partial charge >= 0.3 is 0 Å². The van der Waals surface area contributed by atoms with Crippen LogP contribution in [0.1, 0.15) is 5.56 Å². The molecule has 2 N–H and O–H groups in total. The van der Waals surface area contributed by atoms with Crippen molar-refractivity contribution in [3.63, 3.8) is 0 Å². The van der Waals surface area contributed by atoms with Crippen LogP contribution in [0.4, 0.5) is 0 Å². The summed E-state index contributed by atoms with van der Waals surface area (Å²) in [6, 6.07) is 15.5. The van der Waals surface area contributed by atoms with E-state index in [1.165, 1.54) is 0 Å². The van der Waals surface area contributed by atoms with Gasteiger partial charge in [-0.2, -0.15) is 5.26 Å². The topological polar surface area (TPSA) is 110 Å². The minimum atomic E-state index is -0.884. The standard InChI is InChI=1S/C18H15N3O5/c19-9-12-5-1-2-6-13(12)25-11-17(22)20-21-18(23)16-10-24-14-7-3-4-8-15(14)26-16/h1-8,16H,10-11H2,(H,20,22)(H,21,23)/t16-/m0/s1. The number of hydrazine groups is 1. The zero-order valence-corrected chi connectivity index (χ0v) is 13.6. The van der Waals surface area contributed by atoms with E-state index in [1.807, 2.05) is 6.07 Å². The number of ether oxygens (including phenoxy) is 3. The molecule has 1 aliphatic heterocycles. The molecular weight excluding hydrogens is 338 g/mol. The molecule has 8 nitrogen and oxygen atoms in total. The molecule has 1 heterocycles. The van der Waals surface area contributed by atoms with Crippen molar-refractivity contribution in [2.75, 3.05) is 13.2 Å². The van der Waals surface area contributed by atoms with Gasteiger partial charge in [0.1, 0.15) is 18.4 Å². The van der Waals surface area contributed by atoms with Gasteiger partial charge in [0.15, 0.2) is 18.1 Å². The number of nitriles is 1. The number of benzene rings is 2.